The fourth-order valence-electron chi connectivity index (χ4n) is 3.36. The van der Waals surface area contributed by atoms with Crippen LogP contribution in [0.4, 0.5) is 4.79 Å². The lowest BCUT2D eigenvalue weighted by Gasteiger charge is -2.41. The van der Waals surface area contributed by atoms with Crippen molar-refractivity contribution in [2.45, 2.75) is 39.3 Å². The smallest absolute Gasteiger partial charge is 0.320 e. The van der Waals surface area contributed by atoms with Gasteiger partial charge in [-0.15, -0.1) is 0 Å². The fraction of sp³-hybridized carbons (Fsp3) is 0.857. The van der Waals surface area contributed by atoms with Crippen LogP contribution >= 0.6 is 0 Å². The number of nitrogens with zero attached hydrogens (tertiary/aromatic N) is 3. The van der Waals surface area contributed by atoms with Gasteiger partial charge in [0.25, 0.3) is 0 Å². The number of piperazine rings is 1. The average molecular weight is 283 g/mol. The summed E-state index contributed by atoms with van der Waals surface area (Å²) in [6, 6.07) is 0.161. The fourth-order valence-corrected chi connectivity index (χ4v) is 3.36. The topological polar surface area (TPSA) is 64.1 Å². The number of urea groups is 1. The first-order valence-corrected chi connectivity index (χ1v) is 7.48. The van der Waals surface area contributed by atoms with Gasteiger partial charge in [-0.3, -0.25) is 9.69 Å². The second-order valence-electron chi connectivity index (χ2n) is 5.87. The van der Waals surface area contributed by atoms with Crippen LogP contribution in [0.2, 0.25) is 0 Å². The lowest BCUT2D eigenvalue weighted by Crippen LogP contribution is -2.57. The third kappa shape index (κ3) is 2.75. The number of carbonyl (C=O) groups is 2. The molecule has 114 valence electrons. The summed E-state index contributed by atoms with van der Waals surface area (Å²) in [6.07, 6.45) is 0.562. The van der Waals surface area contributed by atoms with Crippen LogP contribution in [0.25, 0.3) is 0 Å². The van der Waals surface area contributed by atoms with Crippen molar-refractivity contribution < 1.29 is 14.7 Å². The molecule has 0 aliphatic carbocycles. The van der Waals surface area contributed by atoms with E-state index in [0.29, 0.717) is 19.0 Å². The maximum atomic E-state index is 12.6. The minimum atomic E-state index is -0.794. The Morgan fingerprint density at radius 1 is 1.20 bits per heavy atom. The zero-order valence-electron chi connectivity index (χ0n) is 12.6. The molecule has 2 saturated heterocycles. The number of carboxylic acids is 1. The molecule has 0 aromatic heterocycles. The Labute approximate surface area is 120 Å². The van der Waals surface area contributed by atoms with E-state index in [1.807, 2.05) is 11.8 Å². The molecule has 0 bridgehead atoms. The Morgan fingerprint density at radius 2 is 1.90 bits per heavy atom. The van der Waals surface area contributed by atoms with Crippen molar-refractivity contribution in [1.29, 1.82) is 0 Å². The molecule has 1 N–H and O–H groups in total. The van der Waals surface area contributed by atoms with E-state index in [1.165, 1.54) is 0 Å². The molecule has 0 saturated carbocycles. The van der Waals surface area contributed by atoms with E-state index < -0.39 is 11.9 Å². The molecule has 3 atom stereocenters. The van der Waals surface area contributed by atoms with Gasteiger partial charge < -0.3 is 14.9 Å². The highest BCUT2D eigenvalue weighted by atomic mass is 16.4. The van der Waals surface area contributed by atoms with Crippen LogP contribution < -0.4 is 0 Å². The summed E-state index contributed by atoms with van der Waals surface area (Å²) in [6.45, 7) is 10.0. The van der Waals surface area contributed by atoms with E-state index in [2.05, 4.69) is 18.7 Å². The molecule has 3 unspecified atom stereocenters. The minimum Gasteiger partial charge on any atom is -0.481 e. The molecule has 2 aliphatic heterocycles. The van der Waals surface area contributed by atoms with Crippen molar-refractivity contribution in [1.82, 2.24) is 14.7 Å². The predicted octanol–water partition coefficient (Wildman–Crippen LogP) is 0.927. The van der Waals surface area contributed by atoms with Crippen molar-refractivity contribution in [3.8, 4) is 0 Å². The summed E-state index contributed by atoms with van der Waals surface area (Å²) >= 11 is 0. The van der Waals surface area contributed by atoms with Crippen LogP contribution in [-0.4, -0.2) is 76.6 Å². The van der Waals surface area contributed by atoms with Gasteiger partial charge in [0.15, 0.2) is 0 Å². The normalized spacial score (nSPS) is 31.6. The Kier molecular flexibility index (Phi) is 4.52. The molecule has 2 aliphatic rings. The first kappa shape index (κ1) is 15.1. The van der Waals surface area contributed by atoms with Crippen LogP contribution in [0, 0.1) is 5.92 Å². The van der Waals surface area contributed by atoms with Gasteiger partial charge in [-0.1, -0.05) is 6.92 Å². The number of carboxylic acid groups (broad SMARTS) is 1. The molecule has 6 nitrogen and oxygen atoms in total. The molecule has 2 fully saturated rings. The highest BCUT2D eigenvalue weighted by Gasteiger charge is 2.40. The Morgan fingerprint density at radius 3 is 2.40 bits per heavy atom. The monoisotopic (exact) mass is 283 g/mol. The molecule has 6 heteroatoms. The zero-order chi connectivity index (χ0) is 14.9. The molecule has 0 spiro atoms. The SMILES string of the molecule is CCN1CCN(C(=O)N2CCC(C(=O)O)C2C)CC1C. The van der Waals surface area contributed by atoms with E-state index >= 15 is 0 Å². The molecule has 2 amide bonds. The second-order valence-corrected chi connectivity index (χ2v) is 5.87. The maximum absolute atomic E-state index is 12.6. The van der Waals surface area contributed by atoms with E-state index in [-0.39, 0.29) is 12.1 Å². The summed E-state index contributed by atoms with van der Waals surface area (Å²) in [4.78, 5) is 29.7. The molecule has 0 aromatic rings. The van der Waals surface area contributed by atoms with Gasteiger partial charge in [-0.05, 0) is 26.8 Å². The first-order chi connectivity index (χ1) is 9.45. The van der Waals surface area contributed by atoms with Gasteiger partial charge in [0.1, 0.15) is 0 Å². The van der Waals surface area contributed by atoms with Gasteiger partial charge in [0, 0.05) is 38.3 Å². The maximum Gasteiger partial charge on any atom is 0.320 e. The quantitative estimate of drug-likeness (QED) is 0.819. The summed E-state index contributed by atoms with van der Waals surface area (Å²) in [5.41, 5.74) is 0. The Hall–Kier alpha value is -1.30. The highest BCUT2D eigenvalue weighted by Crippen LogP contribution is 2.26. The predicted molar refractivity (Wildman–Crippen MR) is 75.6 cm³/mol. The lowest BCUT2D eigenvalue weighted by molar-refractivity contribution is -0.142. The number of carbonyl (C=O) groups excluding carboxylic acids is 1. The van der Waals surface area contributed by atoms with Crippen LogP contribution in [0.15, 0.2) is 0 Å². The number of hydrogen-bond donors (Lipinski definition) is 1. The largest absolute Gasteiger partial charge is 0.481 e. The number of rotatable bonds is 2. The first-order valence-electron chi connectivity index (χ1n) is 7.48. The minimum absolute atomic E-state index is 0.00357. The number of hydrogen-bond acceptors (Lipinski definition) is 3. The Bertz CT molecular complexity index is 388. The van der Waals surface area contributed by atoms with Gasteiger partial charge in [0.05, 0.1) is 5.92 Å². The number of likely N-dealkylation sites (tertiary alicyclic amines) is 1. The summed E-state index contributed by atoms with van der Waals surface area (Å²) in [5.74, 6) is -1.22. The lowest BCUT2D eigenvalue weighted by atomic mass is 10.0. The molecular formula is C14H25N3O3. The van der Waals surface area contributed by atoms with Crippen molar-refractivity contribution in [3.63, 3.8) is 0 Å². The van der Waals surface area contributed by atoms with Crippen molar-refractivity contribution >= 4 is 12.0 Å². The van der Waals surface area contributed by atoms with E-state index in [1.54, 1.807) is 4.90 Å². The van der Waals surface area contributed by atoms with Crippen LogP contribution in [-0.2, 0) is 4.79 Å². The van der Waals surface area contributed by atoms with Crippen molar-refractivity contribution in [3.05, 3.63) is 0 Å². The Balaban J connectivity index is 1.97. The second kappa shape index (κ2) is 5.99. The standard InChI is InChI=1S/C14H25N3O3/c1-4-15-7-8-16(9-10(15)2)14(20)17-6-5-12(11(17)3)13(18)19/h10-12H,4-9H2,1-3H3,(H,18,19). The molecule has 2 rings (SSSR count). The number of aliphatic carboxylic acids is 1. The highest BCUT2D eigenvalue weighted by molar-refractivity contribution is 5.78. The van der Waals surface area contributed by atoms with E-state index in [9.17, 15) is 9.59 Å². The summed E-state index contributed by atoms with van der Waals surface area (Å²) < 4.78 is 0. The van der Waals surface area contributed by atoms with Gasteiger partial charge >= 0.3 is 12.0 Å². The summed E-state index contributed by atoms with van der Waals surface area (Å²) in [7, 11) is 0. The van der Waals surface area contributed by atoms with Crippen molar-refractivity contribution in [2.75, 3.05) is 32.7 Å². The summed E-state index contributed by atoms with van der Waals surface area (Å²) in [5, 5.41) is 9.14. The number of likely N-dealkylation sites (N-methyl/N-ethyl adjacent to an activating group) is 1. The molecule has 2 heterocycles. The van der Waals surface area contributed by atoms with Crippen LogP contribution in [0.1, 0.15) is 27.2 Å². The van der Waals surface area contributed by atoms with Crippen LogP contribution in [0.3, 0.4) is 0 Å². The van der Waals surface area contributed by atoms with E-state index in [4.69, 9.17) is 5.11 Å². The molecule has 20 heavy (non-hydrogen) atoms. The van der Waals surface area contributed by atoms with Gasteiger partial charge in [0.2, 0.25) is 0 Å². The molecule has 0 radical (unpaired) electrons. The molecular weight excluding hydrogens is 258 g/mol. The van der Waals surface area contributed by atoms with Gasteiger partial charge in [-0.2, -0.15) is 0 Å². The third-order valence-electron chi connectivity index (χ3n) is 4.76. The van der Waals surface area contributed by atoms with Crippen molar-refractivity contribution in [2.24, 2.45) is 5.92 Å². The van der Waals surface area contributed by atoms with Gasteiger partial charge in [-0.25, -0.2) is 4.79 Å². The number of amides is 2. The third-order valence-corrected chi connectivity index (χ3v) is 4.76. The molecule has 0 aromatic carbocycles. The van der Waals surface area contributed by atoms with Crippen LogP contribution in [0.5, 0.6) is 0 Å². The van der Waals surface area contributed by atoms with E-state index in [0.717, 1.165) is 26.2 Å². The zero-order valence-corrected chi connectivity index (χ0v) is 12.6. The average Bonchev–Trinajstić information content (AvgIpc) is 2.79.